The maximum absolute atomic E-state index is 13.0. The first-order valence-electron chi connectivity index (χ1n) is 8.83. The van der Waals surface area contributed by atoms with E-state index >= 15 is 0 Å². The third kappa shape index (κ3) is 2.98. The first-order valence-corrected chi connectivity index (χ1v) is 9.71. The lowest BCUT2D eigenvalue weighted by atomic mass is 9.81. The SMILES string of the molecule is CC(C(=O)N1CCc2sccc2C1)N1C[C@@H]2CCC[C@@]2(C(=O)O)C1.Cl. The van der Waals surface area contributed by atoms with Gasteiger partial charge in [0.25, 0.3) is 0 Å². The maximum atomic E-state index is 13.0. The van der Waals surface area contributed by atoms with E-state index in [1.807, 2.05) is 11.8 Å². The van der Waals surface area contributed by atoms with E-state index in [0.717, 1.165) is 38.8 Å². The number of nitrogens with zero attached hydrogens (tertiary/aromatic N) is 2. The van der Waals surface area contributed by atoms with Crippen LogP contribution in [0.2, 0.25) is 0 Å². The highest BCUT2D eigenvalue weighted by molar-refractivity contribution is 7.10. The molecule has 1 N–H and O–H groups in total. The summed E-state index contributed by atoms with van der Waals surface area (Å²) < 4.78 is 0. The summed E-state index contributed by atoms with van der Waals surface area (Å²) in [5.41, 5.74) is 0.656. The molecule has 1 unspecified atom stereocenters. The normalized spacial score (nSPS) is 29.6. The summed E-state index contributed by atoms with van der Waals surface area (Å²) in [6.07, 6.45) is 3.67. The van der Waals surface area contributed by atoms with Crippen LogP contribution in [0, 0.1) is 11.3 Å². The second-order valence-electron chi connectivity index (χ2n) is 7.53. The molecule has 1 aromatic heterocycles. The van der Waals surface area contributed by atoms with E-state index in [0.29, 0.717) is 13.1 Å². The van der Waals surface area contributed by atoms with Gasteiger partial charge in [-0.1, -0.05) is 6.42 Å². The number of carbonyl (C=O) groups excluding carboxylic acids is 1. The third-order valence-electron chi connectivity index (χ3n) is 6.35. The zero-order valence-corrected chi connectivity index (χ0v) is 16.1. The van der Waals surface area contributed by atoms with Crippen molar-refractivity contribution in [1.82, 2.24) is 9.80 Å². The molecule has 7 heteroatoms. The number of carboxylic acids is 1. The van der Waals surface area contributed by atoms with Crippen LogP contribution in [0.15, 0.2) is 11.4 Å². The molecule has 0 bridgehead atoms. The quantitative estimate of drug-likeness (QED) is 0.870. The van der Waals surface area contributed by atoms with Gasteiger partial charge in [-0.25, -0.2) is 0 Å². The molecule has 4 rings (SSSR count). The second-order valence-corrected chi connectivity index (χ2v) is 8.54. The van der Waals surface area contributed by atoms with Gasteiger partial charge >= 0.3 is 5.97 Å². The monoisotopic (exact) mass is 384 g/mol. The number of amides is 1. The summed E-state index contributed by atoms with van der Waals surface area (Å²) in [4.78, 5) is 30.2. The van der Waals surface area contributed by atoms with Crippen LogP contribution in [0.5, 0.6) is 0 Å². The Labute approximate surface area is 158 Å². The lowest BCUT2D eigenvalue weighted by Gasteiger charge is -2.33. The molecule has 5 nitrogen and oxygen atoms in total. The number of halogens is 1. The topological polar surface area (TPSA) is 60.9 Å². The molecule has 3 aliphatic rings. The number of aliphatic carboxylic acids is 1. The highest BCUT2D eigenvalue weighted by Crippen LogP contribution is 2.49. The molecule has 25 heavy (non-hydrogen) atoms. The molecule has 2 aliphatic heterocycles. The molecule has 1 aliphatic carbocycles. The number of hydrogen-bond donors (Lipinski definition) is 1. The van der Waals surface area contributed by atoms with Crippen molar-refractivity contribution < 1.29 is 14.7 Å². The molecule has 2 fully saturated rings. The Morgan fingerprint density at radius 2 is 2.24 bits per heavy atom. The summed E-state index contributed by atoms with van der Waals surface area (Å²) in [6, 6.07) is 1.89. The molecule has 1 saturated heterocycles. The zero-order chi connectivity index (χ0) is 16.9. The molecule has 1 saturated carbocycles. The van der Waals surface area contributed by atoms with Gasteiger partial charge in [-0.3, -0.25) is 14.5 Å². The van der Waals surface area contributed by atoms with E-state index in [1.165, 1.54) is 10.4 Å². The van der Waals surface area contributed by atoms with Gasteiger partial charge in [0.2, 0.25) is 5.91 Å². The average molecular weight is 385 g/mol. The van der Waals surface area contributed by atoms with E-state index in [-0.39, 0.29) is 30.3 Å². The van der Waals surface area contributed by atoms with Crippen LogP contribution in [0.1, 0.15) is 36.6 Å². The van der Waals surface area contributed by atoms with Crippen LogP contribution in [0.25, 0.3) is 0 Å². The smallest absolute Gasteiger partial charge is 0.311 e. The van der Waals surface area contributed by atoms with E-state index in [4.69, 9.17) is 0 Å². The number of carboxylic acid groups (broad SMARTS) is 1. The highest BCUT2D eigenvalue weighted by atomic mass is 35.5. The van der Waals surface area contributed by atoms with Crippen LogP contribution in [-0.2, 0) is 22.6 Å². The van der Waals surface area contributed by atoms with Crippen molar-refractivity contribution in [3.05, 3.63) is 21.9 Å². The Hall–Kier alpha value is -1.11. The molecular formula is C18H25ClN2O3S. The van der Waals surface area contributed by atoms with Gasteiger partial charge < -0.3 is 10.0 Å². The van der Waals surface area contributed by atoms with E-state index in [9.17, 15) is 14.7 Å². The molecule has 0 radical (unpaired) electrons. The predicted molar refractivity (Wildman–Crippen MR) is 99.1 cm³/mol. The Bertz CT molecular complexity index is 679. The highest BCUT2D eigenvalue weighted by Gasteiger charge is 2.56. The molecule has 0 spiro atoms. The summed E-state index contributed by atoms with van der Waals surface area (Å²) in [7, 11) is 0. The first-order chi connectivity index (χ1) is 11.5. The Balaban J connectivity index is 0.00000182. The number of likely N-dealkylation sites (tertiary alicyclic amines) is 1. The minimum absolute atomic E-state index is 0. The van der Waals surface area contributed by atoms with Crippen LogP contribution >= 0.6 is 23.7 Å². The summed E-state index contributed by atoms with van der Waals surface area (Å²) in [5, 5.41) is 11.8. The summed E-state index contributed by atoms with van der Waals surface area (Å²) >= 11 is 1.77. The van der Waals surface area contributed by atoms with Crippen molar-refractivity contribution in [3.63, 3.8) is 0 Å². The number of hydrogen-bond acceptors (Lipinski definition) is 4. The van der Waals surface area contributed by atoms with Crippen molar-refractivity contribution in [1.29, 1.82) is 0 Å². The first kappa shape index (κ1) is 18.7. The third-order valence-corrected chi connectivity index (χ3v) is 7.37. The molecular weight excluding hydrogens is 360 g/mol. The maximum Gasteiger partial charge on any atom is 0.311 e. The van der Waals surface area contributed by atoms with E-state index in [2.05, 4.69) is 16.3 Å². The van der Waals surface area contributed by atoms with Crippen molar-refractivity contribution in [3.8, 4) is 0 Å². The Morgan fingerprint density at radius 3 is 2.96 bits per heavy atom. The van der Waals surface area contributed by atoms with Crippen LogP contribution in [0.3, 0.4) is 0 Å². The fourth-order valence-electron chi connectivity index (χ4n) is 4.83. The molecule has 0 aromatic carbocycles. The zero-order valence-electron chi connectivity index (χ0n) is 14.4. The average Bonchev–Trinajstić information content (AvgIpc) is 3.25. The summed E-state index contributed by atoms with van der Waals surface area (Å²) in [5.74, 6) is -0.324. The molecule has 1 aromatic rings. The van der Waals surface area contributed by atoms with Crippen LogP contribution in [0.4, 0.5) is 0 Å². The fourth-order valence-corrected chi connectivity index (χ4v) is 5.72. The lowest BCUT2D eigenvalue weighted by molar-refractivity contribution is -0.150. The number of carbonyl (C=O) groups is 2. The summed E-state index contributed by atoms with van der Waals surface area (Å²) in [6.45, 7) is 4.69. The molecule has 3 atom stereocenters. The number of rotatable bonds is 3. The Morgan fingerprint density at radius 1 is 1.44 bits per heavy atom. The van der Waals surface area contributed by atoms with Gasteiger partial charge in [0.05, 0.1) is 11.5 Å². The van der Waals surface area contributed by atoms with Gasteiger partial charge in [0.1, 0.15) is 0 Å². The Kier molecular flexibility index (Phi) is 5.15. The van der Waals surface area contributed by atoms with Crippen molar-refractivity contribution >= 4 is 35.6 Å². The molecule has 138 valence electrons. The van der Waals surface area contributed by atoms with Crippen LogP contribution in [-0.4, -0.2) is 52.5 Å². The number of fused-ring (bicyclic) bond motifs is 2. The second kappa shape index (κ2) is 6.89. The van der Waals surface area contributed by atoms with Gasteiger partial charge in [-0.05, 0) is 49.1 Å². The van der Waals surface area contributed by atoms with Crippen molar-refractivity contribution in [2.45, 2.75) is 45.2 Å². The van der Waals surface area contributed by atoms with Crippen molar-refractivity contribution in [2.75, 3.05) is 19.6 Å². The van der Waals surface area contributed by atoms with Crippen LogP contribution < -0.4 is 0 Å². The number of thiophene rings is 1. The predicted octanol–water partition coefficient (Wildman–Crippen LogP) is 2.63. The van der Waals surface area contributed by atoms with E-state index in [1.54, 1.807) is 11.3 Å². The standard InChI is InChI=1S/C18H24N2O3S.ClH/c1-12(16(21)19-7-4-15-13(9-19)5-8-24-15)20-10-14-3-2-6-18(14,11-20)17(22)23;/h5,8,12,14H,2-4,6-7,9-11H2,1H3,(H,22,23);1H/t12?,14-,18+;/m0./s1. The minimum atomic E-state index is -0.673. The van der Waals surface area contributed by atoms with Gasteiger partial charge in [-0.15, -0.1) is 23.7 Å². The molecule has 1 amide bonds. The van der Waals surface area contributed by atoms with E-state index < -0.39 is 11.4 Å². The van der Waals surface area contributed by atoms with Gasteiger partial charge in [-0.2, -0.15) is 0 Å². The lowest BCUT2D eigenvalue weighted by Crippen LogP contribution is -2.48. The minimum Gasteiger partial charge on any atom is -0.481 e. The molecule has 3 heterocycles. The van der Waals surface area contributed by atoms with Gasteiger partial charge in [0, 0.05) is 31.1 Å². The largest absolute Gasteiger partial charge is 0.481 e. The van der Waals surface area contributed by atoms with Gasteiger partial charge in [0.15, 0.2) is 0 Å². The van der Waals surface area contributed by atoms with Crippen molar-refractivity contribution in [2.24, 2.45) is 11.3 Å². The fraction of sp³-hybridized carbons (Fsp3) is 0.667.